The number of carbonyl (C=O) groups is 1. The Balaban J connectivity index is 1.37. The lowest BCUT2D eigenvalue weighted by Gasteiger charge is -2.42. The third kappa shape index (κ3) is 4.31. The van der Waals surface area contributed by atoms with E-state index in [0.717, 1.165) is 42.4 Å². The van der Waals surface area contributed by atoms with Crippen LogP contribution in [0.25, 0.3) is 11.1 Å². The van der Waals surface area contributed by atoms with Crippen molar-refractivity contribution in [2.75, 3.05) is 0 Å². The number of fused-ring (bicyclic) bond motifs is 3. The molecule has 146 valence electrons. The van der Waals surface area contributed by atoms with Crippen molar-refractivity contribution in [1.82, 2.24) is 10.6 Å². The Kier molecular flexibility index (Phi) is 5.60. The second kappa shape index (κ2) is 8.47. The van der Waals surface area contributed by atoms with Crippen LogP contribution in [-0.4, -0.2) is 24.0 Å². The van der Waals surface area contributed by atoms with Gasteiger partial charge in [-0.3, -0.25) is 4.79 Å². The molecular formula is C24H24N4O. The Bertz CT molecular complexity index is 944. The Morgan fingerprint density at radius 1 is 1.00 bits per heavy atom. The number of carbonyl (C=O) groups excluding carboxylic acids is 1. The number of nitriles is 2. The van der Waals surface area contributed by atoms with Crippen LogP contribution in [0.5, 0.6) is 0 Å². The van der Waals surface area contributed by atoms with Crippen LogP contribution in [-0.2, 0) is 11.2 Å². The molecule has 2 aliphatic heterocycles. The quantitative estimate of drug-likeness (QED) is 0.828. The van der Waals surface area contributed by atoms with Crippen LogP contribution < -0.4 is 10.6 Å². The maximum atomic E-state index is 12.7. The maximum Gasteiger partial charge on any atom is 0.238 e. The van der Waals surface area contributed by atoms with Crippen LogP contribution in [0.4, 0.5) is 0 Å². The Labute approximate surface area is 171 Å². The van der Waals surface area contributed by atoms with Crippen LogP contribution >= 0.6 is 0 Å². The predicted octanol–water partition coefficient (Wildman–Crippen LogP) is 3.31. The van der Waals surface area contributed by atoms with Gasteiger partial charge in [-0.1, -0.05) is 36.4 Å². The largest absolute Gasteiger partial charge is 0.339 e. The van der Waals surface area contributed by atoms with Crippen molar-refractivity contribution >= 4 is 5.91 Å². The van der Waals surface area contributed by atoms with Gasteiger partial charge >= 0.3 is 0 Å². The standard InChI is InChI=1S/C24H24N4O/c25-14-17-3-7-19(8-4-17)18-5-1-16(2-6-18)13-22(15-26)28-24(29)23-20-9-11-21(27-23)12-10-20/h1-8,20-23,27H,9-13H2,(H,28,29)/t20?,21?,22-,23-/m0/s1. The van der Waals surface area contributed by atoms with E-state index in [1.54, 1.807) is 12.1 Å². The molecule has 2 saturated heterocycles. The molecule has 5 heteroatoms. The lowest BCUT2D eigenvalue weighted by atomic mass is 9.76. The highest BCUT2D eigenvalue weighted by molar-refractivity contribution is 5.83. The summed E-state index contributed by atoms with van der Waals surface area (Å²) in [6.45, 7) is 0. The van der Waals surface area contributed by atoms with Gasteiger partial charge in [0.2, 0.25) is 5.91 Å². The smallest absolute Gasteiger partial charge is 0.238 e. The van der Waals surface area contributed by atoms with Gasteiger partial charge in [0.1, 0.15) is 6.04 Å². The molecule has 0 aromatic heterocycles. The fourth-order valence-corrected chi connectivity index (χ4v) is 4.50. The van der Waals surface area contributed by atoms with E-state index in [4.69, 9.17) is 5.26 Å². The Morgan fingerprint density at radius 2 is 1.62 bits per heavy atom. The molecule has 1 saturated carbocycles. The maximum absolute atomic E-state index is 12.7. The first-order valence-electron chi connectivity index (χ1n) is 10.2. The molecule has 2 aromatic rings. The van der Waals surface area contributed by atoms with E-state index in [2.05, 4.69) is 22.8 Å². The molecule has 2 atom stereocenters. The fraction of sp³-hybridized carbons (Fsp3) is 0.375. The van der Waals surface area contributed by atoms with Gasteiger partial charge in [0, 0.05) is 12.5 Å². The lowest BCUT2D eigenvalue weighted by molar-refractivity contribution is -0.127. The monoisotopic (exact) mass is 384 g/mol. The average molecular weight is 384 g/mol. The number of benzene rings is 2. The van der Waals surface area contributed by atoms with Crippen molar-refractivity contribution in [3.05, 3.63) is 59.7 Å². The fourth-order valence-electron chi connectivity index (χ4n) is 4.50. The molecule has 5 nitrogen and oxygen atoms in total. The first-order valence-corrected chi connectivity index (χ1v) is 10.2. The minimum absolute atomic E-state index is 0.0415. The summed E-state index contributed by atoms with van der Waals surface area (Å²) in [6, 6.07) is 19.6. The Morgan fingerprint density at radius 3 is 2.14 bits per heavy atom. The molecule has 3 fully saturated rings. The predicted molar refractivity (Wildman–Crippen MR) is 111 cm³/mol. The molecule has 2 N–H and O–H groups in total. The van der Waals surface area contributed by atoms with Crippen molar-refractivity contribution < 1.29 is 4.79 Å². The molecule has 5 rings (SSSR count). The summed E-state index contributed by atoms with van der Waals surface area (Å²) in [6.07, 6.45) is 4.99. The molecule has 1 aliphatic carbocycles. The van der Waals surface area contributed by atoms with E-state index < -0.39 is 6.04 Å². The molecule has 29 heavy (non-hydrogen) atoms. The van der Waals surface area contributed by atoms with E-state index in [1.165, 1.54) is 0 Å². The van der Waals surface area contributed by atoms with Crippen molar-refractivity contribution in [3.63, 3.8) is 0 Å². The average Bonchev–Trinajstić information content (AvgIpc) is 2.80. The molecule has 0 radical (unpaired) electrons. The van der Waals surface area contributed by atoms with Crippen LogP contribution in [0.1, 0.15) is 36.8 Å². The van der Waals surface area contributed by atoms with Crippen molar-refractivity contribution in [1.29, 1.82) is 10.5 Å². The molecule has 2 bridgehead atoms. The zero-order valence-electron chi connectivity index (χ0n) is 16.3. The molecule has 0 spiro atoms. The number of nitrogens with one attached hydrogen (secondary N) is 2. The SMILES string of the molecule is N#Cc1ccc(-c2ccc(C[C@@H](C#N)NC(=O)[C@H]3NC4CCC3CC4)cc2)cc1. The van der Waals surface area contributed by atoms with E-state index in [0.29, 0.717) is 23.9 Å². The van der Waals surface area contributed by atoms with Crippen molar-refractivity contribution in [2.24, 2.45) is 5.92 Å². The van der Waals surface area contributed by atoms with Crippen molar-refractivity contribution in [3.8, 4) is 23.3 Å². The molecule has 1 amide bonds. The highest BCUT2D eigenvalue weighted by Crippen LogP contribution is 2.33. The lowest BCUT2D eigenvalue weighted by Crippen LogP contribution is -2.59. The normalized spacial score (nSPS) is 23.6. The topological polar surface area (TPSA) is 88.7 Å². The second-order valence-electron chi connectivity index (χ2n) is 8.04. The van der Waals surface area contributed by atoms with Crippen molar-refractivity contribution in [2.45, 2.75) is 50.2 Å². The summed E-state index contributed by atoms with van der Waals surface area (Å²) in [5.41, 5.74) is 3.74. The minimum Gasteiger partial charge on any atom is -0.339 e. The van der Waals surface area contributed by atoms with Crippen LogP contribution in [0, 0.1) is 28.6 Å². The highest BCUT2D eigenvalue weighted by Gasteiger charge is 2.39. The van der Waals surface area contributed by atoms with Crippen LogP contribution in [0.3, 0.4) is 0 Å². The molecule has 0 unspecified atom stereocenters. The molecule has 2 heterocycles. The van der Waals surface area contributed by atoms with Crippen LogP contribution in [0.2, 0.25) is 0 Å². The highest BCUT2D eigenvalue weighted by atomic mass is 16.2. The van der Waals surface area contributed by atoms with Gasteiger partial charge < -0.3 is 10.6 Å². The summed E-state index contributed by atoms with van der Waals surface area (Å²) >= 11 is 0. The van der Waals surface area contributed by atoms with E-state index >= 15 is 0 Å². The Hall–Kier alpha value is -3.15. The van der Waals surface area contributed by atoms with E-state index in [9.17, 15) is 10.1 Å². The van der Waals surface area contributed by atoms with Gasteiger partial charge in [0.25, 0.3) is 0 Å². The van der Waals surface area contributed by atoms with Gasteiger partial charge in [0.15, 0.2) is 0 Å². The minimum atomic E-state index is -0.537. The van der Waals surface area contributed by atoms with E-state index in [1.807, 2.05) is 36.4 Å². The van der Waals surface area contributed by atoms with Gasteiger partial charge in [-0.15, -0.1) is 0 Å². The first kappa shape index (κ1) is 19.2. The first-order chi connectivity index (χ1) is 14.2. The number of amides is 1. The van der Waals surface area contributed by atoms with Gasteiger partial charge in [-0.05, 0) is 60.4 Å². The summed E-state index contributed by atoms with van der Waals surface area (Å²) in [5.74, 6) is 0.353. The molecule has 3 aliphatic rings. The summed E-state index contributed by atoms with van der Waals surface area (Å²) in [7, 11) is 0. The number of hydrogen-bond donors (Lipinski definition) is 2. The number of hydrogen-bond acceptors (Lipinski definition) is 4. The van der Waals surface area contributed by atoms with Gasteiger partial charge in [-0.2, -0.15) is 10.5 Å². The summed E-state index contributed by atoms with van der Waals surface area (Å²) < 4.78 is 0. The molecular weight excluding hydrogens is 360 g/mol. The van der Waals surface area contributed by atoms with Gasteiger partial charge in [-0.25, -0.2) is 0 Å². The zero-order valence-corrected chi connectivity index (χ0v) is 16.3. The summed E-state index contributed by atoms with van der Waals surface area (Å²) in [5, 5.41) is 24.8. The van der Waals surface area contributed by atoms with Crippen LogP contribution in [0.15, 0.2) is 48.5 Å². The molecule has 2 aromatic carbocycles. The zero-order chi connectivity index (χ0) is 20.2. The third-order valence-corrected chi connectivity index (χ3v) is 6.15. The van der Waals surface area contributed by atoms with E-state index in [-0.39, 0.29) is 11.9 Å². The number of rotatable bonds is 5. The second-order valence-corrected chi connectivity index (χ2v) is 8.04. The third-order valence-electron chi connectivity index (χ3n) is 6.15. The summed E-state index contributed by atoms with van der Waals surface area (Å²) in [4.78, 5) is 12.7. The number of nitrogens with zero attached hydrogens (tertiary/aromatic N) is 2. The number of piperidine rings is 2. The van der Waals surface area contributed by atoms with Gasteiger partial charge in [0.05, 0.1) is 23.7 Å².